The van der Waals surface area contributed by atoms with Crippen molar-refractivity contribution < 1.29 is 23.8 Å². The van der Waals surface area contributed by atoms with Gasteiger partial charge in [-0.25, -0.2) is 9.59 Å². The Morgan fingerprint density at radius 1 is 1.16 bits per heavy atom. The highest BCUT2D eigenvalue weighted by Gasteiger charge is 2.37. The van der Waals surface area contributed by atoms with Gasteiger partial charge in [0, 0.05) is 22.2 Å². The topological polar surface area (TPSA) is 65.1 Å². The Labute approximate surface area is 192 Å². The van der Waals surface area contributed by atoms with Crippen molar-refractivity contribution in [3.8, 4) is 5.75 Å². The first-order valence-corrected chi connectivity index (χ1v) is 10.8. The molecule has 3 rings (SSSR count). The van der Waals surface area contributed by atoms with Gasteiger partial charge >= 0.3 is 12.1 Å². The maximum Gasteiger partial charge on any atom is 0.410 e. The van der Waals surface area contributed by atoms with E-state index in [1.165, 1.54) is 12.0 Å². The summed E-state index contributed by atoms with van der Waals surface area (Å²) in [6.07, 6.45) is 0.0471. The van der Waals surface area contributed by atoms with E-state index in [2.05, 4.69) is 0 Å². The second-order valence-corrected chi connectivity index (χ2v) is 8.57. The molecule has 166 valence electrons. The summed E-state index contributed by atoms with van der Waals surface area (Å²) in [6, 6.07) is 9.82. The molecule has 1 heterocycles. The number of fused-ring (bicyclic) bond motifs is 1. The first-order valence-electron chi connectivity index (χ1n) is 10.0. The van der Waals surface area contributed by atoms with Crippen LogP contribution in [0.25, 0.3) is 0 Å². The third kappa shape index (κ3) is 5.63. The van der Waals surface area contributed by atoms with Crippen LogP contribution in [0.5, 0.6) is 5.75 Å². The van der Waals surface area contributed by atoms with E-state index in [4.69, 9.17) is 37.4 Å². The van der Waals surface area contributed by atoms with Gasteiger partial charge in [-0.15, -0.1) is 0 Å². The van der Waals surface area contributed by atoms with Gasteiger partial charge in [0.15, 0.2) is 6.04 Å². The number of carbonyl (C=O) groups excluding carboxylic acids is 2. The molecule has 0 fully saturated rings. The van der Waals surface area contributed by atoms with E-state index in [9.17, 15) is 9.59 Å². The van der Waals surface area contributed by atoms with Crippen LogP contribution in [0.2, 0.25) is 10.0 Å². The molecule has 1 atom stereocenters. The molecule has 1 unspecified atom stereocenters. The fourth-order valence-electron chi connectivity index (χ4n) is 3.38. The summed E-state index contributed by atoms with van der Waals surface area (Å²) in [5.74, 6) is 0.333. The van der Waals surface area contributed by atoms with Crippen LogP contribution >= 0.6 is 23.2 Å². The number of nitrogens with zero attached hydrogens (tertiary/aromatic N) is 1. The number of ether oxygens (including phenoxy) is 3. The minimum Gasteiger partial charge on any atom is -0.489 e. The zero-order valence-electron chi connectivity index (χ0n) is 17.7. The normalized spacial score (nSPS) is 15.4. The van der Waals surface area contributed by atoms with Crippen molar-refractivity contribution in [3.63, 3.8) is 0 Å². The molecule has 0 saturated carbocycles. The molecule has 2 aromatic carbocycles. The van der Waals surface area contributed by atoms with Gasteiger partial charge in [0.05, 0.1) is 13.7 Å². The van der Waals surface area contributed by atoms with Gasteiger partial charge in [-0.05, 0) is 47.7 Å². The van der Waals surface area contributed by atoms with Gasteiger partial charge < -0.3 is 14.2 Å². The average Bonchev–Trinajstić information content (AvgIpc) is 2.75. The number of rotatable bonds is 6. The SMILES string of the molecule is COC(=O)C1c2ccc(OCc3ccc(Cl)cc3Cl)cc2CCN1C(=O)OCC(C)C. The highest BCUT2D eigenvalue weighted by Crippen LogP contribution is 2.34. The van der Waals surface area contributed by atoms with E-state index in [0.29, 0.717) is 34.3 Å². The number of carbonyl (C=O) groups is 2. The van der Waals surface area contributed by atoms with Crippen LogP contribution in [-0.2, 0) is 27.3 Å². The van der Waals surface area contributed by atoms with Crippen molar-refractivity contribution in [3.05, 3.63) is 63.1 Å². The fourth-order valence-corrected chi connectivity index (χ4v) is 3.84. The Kier molecular flexibility index (Phi) is 7.68. The van der Waals surface area contributed by atoms with Gasteiger partial charge in [-0.2, -0.15) is 0 Å². The Balaban J connectivity index is 1.78. The van der Waals surface area contributed by atoms with Crippen molar-refractivity contribution in [2.24, 2.45) is 5.92 Å². The molecule has 6 nitrogen and oxygen atoms in total. The molecule has 31 heavy (non-hydrogen) atoms. The molecule has 0 aromatic heterocycles. The summed E-state index contributed by atoms with van der Waals surface area (Å²) in [4.78, 5) is 26.5. The lowest BCUT2D eigenvalue weighted by atomic mass is 9.92. The van der Waals surface area contributed by atoms with Crippen LogP contribution in [0.15, 0.2) is 36.4 Å². The number of methoxy groups -OCH3 is 1. The molecule has 0 bridgehead atoms. The van der Waals surface area contributed by atoms with E-state index < -0.39 is 18.1 Å². The van der Waals surface area contributed by atoms with Crippen LogP contribution in [0.1, 0.15) is 36.6 Å². The Morgan fingerprint density at radius 2 is 1.94 bits per heavy atom. The summed E-state index contributed by atoms with van der Waals surface area (Å²) in [6.45, 7) is 4.82. The van der Waals surface area contributed by atoms with E-state index in [0.717, 1.165) is 11.1 Å². The van der Waals surface area contributed by atoms with Crippen molar-refractivity contribution in [2.75, 3.05) is 20.3 Å². The quantitative estimate of drug-likeness (QED) is 0.531. The fraction of sp³-hybridized carbons (Fsp3) is 0.391. The average molecular weight is 466 g/mol. The second-order valence-electron chi connectivity index (χ2n) is 7.72. The third-order valence-corrected chi connectivity index (χ3v) is 5.54. The predicted octanol–water partition coefficient (Wildman–Crippen LogP) is 5.44. The summed E-state index contributed by atoms with van der Waals surface area (Å²) < 4.78 is 16.2. The zero-order valence-corrected chi connectivity index (χ0v) is 19.2. The molecule has 0 spiro atoms. The summed E-state index contributed by atoms with van der Waals surface area (Å²) in [5.41, 5.74) is 2.44. The molecule has 2 aromatic rings. The van der Waals surface area contributed by atoms with E-state index in [1.54, 1.807) is 24.3 Å². The molecule has 1 aliphatic heterocycles. The molecule has 0 saturated heterocycles. The van der Waals surface area contributed by atoms with Gasteiger partial charge in [0.1, 0.15) is 12.4 Å². The minimum atomic E-state index is -0.854. The number of benzene rings is 2. The molecule has 1 aliphatic rings. The Bertz CT molecular complexity index is 963. The maximum absolute atomic E-state index is 12.6. The first kappa shape index (κ1) is 23.2. The molecular formula is C23H25Cl2NO5. The van der Waals surface area contributed by atoms with Crippen LogP contribution in [0, 0.1) is 5.92 Å². The largest absolute Gasteiger partial charge is 0.489 e. The van der Waals surface area contributed by atoms with Crippen molar-refractivity contribution in [1.29, 1.82) is 0 Å². The van der Waals surface area contributed by atoms with Gasteiger partial charge in [-0.3, -0.25) is 4.90 Å². The highest BCUT2D eigenvalue weighted by atomic mass is 35.5. The lowest BCUT2D eigenvalue weighted by Crippen LogP contribution is -2.44. The lowest BCUT2D eigenvalue weighted by molar-refractivity contribution is -0.147. The molecule has 1 amide bonds. The molecular weight excluding hydrogens is 441 g/mol. The standard InChI is InChI=1S/C23H25Cl2NO5/c1-14(2)12-31-23(28)26-9-8-15-10-18(6-7-19(15)21(26)22(27)29-3)30-13-16-4-5-17(24)11-20(16)25/h4-7,10-11,14,21H,8-9,12-13H2,1-3H3. The van der Waals surface area contributed by atoms with E-state index in [1.807, 2.05) is 26.0 Å². The smallest absolute Gasteiger partial charge is 0.410 e. The summed E-state index contributed by atoms with van der Waals surface area (Å²) >= 11 is 12.1. The Morgan fingerprint density at radius 3 is 2.61 bits per heavy atom. The van der Waals surface area contributed by atoms with Crippen molar-refractivity contribution in [1.82, 2.24) is 4.90 Å². The van der Waals surface area contributed by atoms with Gasteiger partial charge in [-0.1, -0.05) is 49.2 Å². The van der Waals surface area contributed by atoms with Gasteiger partial charge in [0.2, 0.25) is 0 Å². The predicted molar refractivity (Wildman–Crippen MR) is 119 cm³/mol. The summed E-state index contributed by atoms with van der Waals surface area (Å²) in [7, 11) is 1.31. The lowest BCUT2D eigenvalue weighted by Gasteiger charge is -2.35. The van der Waals surface area contributed by atoms with Crippen LogP contribution < -0.4 is 4.74 Å². The monoisotopic (exact) mass is 465 g/mol. The molecule has 0 radical (unpaired) electrons. The Hall–Kier alpha value is -2.44. The number of hydrogen-bond donors (Lipinski definition) is 0. The van der Waals surface area contributed by atoms with Crippen molar-refractivity contribution >= 4 is 35.3 Å². The second kappa shape index (κ2) is 10.2. The minimum absolute atomic E-state index is 0.200. The molecule has 8 heteroatoms. The van der Waals surface area contributed by atoms with Gasteiger partial charge in [0.25, 0.3) is 0 Å². The van der Waals surface area contributed by atoms with Crippen molar-refractivity contribution in [2.45, 2.75) is 32.9 Å². The van der Waals surface area contributed by atoms with Crippen LogP contribution in [0.3, 0.4) is 0 Å². The zero-order chi connectivity index (χ0) is 22.5. The van der Waals surface area contributed by atoms with Crippen LogP contribution in [0.4, 0.5) is 4.79 Å². The number of esters is 1. The van der Waals surface area contributed by atoms with E-state index >= 15 is 0 Å². The van der Waals surface area contributed by atoms with Crippen LogP contribution in [-0.4, -0.2) is 37.2 Å². The number of hydrogen-bond acceptors (Lipinski definition) is 5. The first-order chi connectivity index (χ1) is 14.8. The molecule has 0 aliphatic carbocycles. The third-order valence-electron chi connectivity index (χ3n) is 4.95. The summed E-state index contributed by atoms with van der Waals surface area (Å²) in [5, 5.41) is 1.10. The number of amides is 1. The molecule has 0 N–H and O–H groups in total. The maximum atomic E-state index is 12.6. The van der Waals surface area contributed by atoms with E-state index in [-0.39, 0.29) is 19.1 Å². The number of halogens is 2. The highest BCUT2D eigenvalue weighted by molar-refractivity contribution is 6.35.